The zero-order valence-electron chi connectivity index (χ0n) is 20.8. The Morgan fingerprint density at radius 3 is 2.60 bits per heavy atom. The summed E-state index contributed by atoms with van der Waals surface area (Å²) in [6, 6.07) is 8.00. The maximum absolute atomic E-state index is 12.0. The van der Waals surface area contributed by atoms with Gasteiger partial charge >= 0.3 is 0 Å². The van der Waals surface area contributed by atoms with Gasteiger partial charge in [0.2, 0.25) is 11.9 Å². The molecule has 2 aromatic rings. The lowest BCUT2D eigenvalue weighted by molar-refractivity contribution is -0.133. The predicted octanol–water partition coefficient (Wildman–Crippen LogP) is 3.83. The van der Waals surface area contributed by atoms with Gasteiger partial charge in [-0.2, -0.15) is 4.98 Å². The summed E-state index contributed by atoms with van der Waals surface area (Å²) in [6.07, 6.45) is 9.56. The van der Waals surface area contributed by atoms with Crippen molar-refractivity contribution in [2.45, 2.75) is 62.9 Å². The Kier molecular flexibility index (Phi) is 7.20. The smallest absolute Gasteiger partial charge is 0.229 e. The Morgan fingerprint density at radius 1 is 1.11 bits per heavy atom. The number of amides is 1. The highest BCUT2D eigenvalue weighted by Crippen LogP contribution is 2.43. The molecule has 35 heavy (non-hydrogen) atoms. The Bertz CT molecular complexity index is 1010. The highest BCUT2D eigenvalue weighted by atomic mass is 16.3. The Hall–Kier alpha value is -2.71. The number of benzene rings is 1. The van der Waals surface area contributed by atoms with Gasteiger partial charge in [-0.05, 0) is 75.6 Å². The van der Waals surface area contributed by atoms with Crippen LogP contribution in [0.15, 0.2) is 30.5 Å². The van der Waals surface area contributed by atoms with Crippen molar-refractivity contribution in [1.82, 2.24) is 19.8 Å². The Morgan fingerprint density at radius 2 is 1.89 bits per heavy atom. The van der Waals surface area contributed by atoms with Crippen molar-refractivity contribution in [3.05, 3.63) is 41.6 Å². The first kappa shape index (κ1) is 24.0. The van der Waals surface area contributed by atoms with Crippen molar-refractivity contribution in [2.24, 2.45) is 0 Å². The van der Waals surface area contributed by atoms with Crippen molar-refractivity contribution < 1.29 is 9.90 Å². The predicted molar refractivity (Wildman–Crippen MR) is 138 cm³/mol. The maximum atomic E-state index is 12.0. The first-order valence-corrected chi connectivity index (χ1v) is 13.2. The van der Waals surface area contributed by atoms with Crippen LogP contribution in [0.4, 0.5) is 17.5 Å². The quantitative estimate of drug-likeness (QED) is 0.472. The molecule has 1 amide bonds. The van der Waals surface area contributed by atoms with Gasteiger partial charge in [0.1, 0.15) is 5.82 Å². The van der Waals surface area contributed by atoms with E-state index in [1.165, 1.54) is 18.4 Å². The van der Waals surface area contributed by atoms with Crippen LogP contribution in [0.25, 0.3) is 0 Å². The zero-order valence-corrected chi connectivity index (χ0v) is 20.8. The number of nitrogens with zero attached hydrogens (tertiary/aromatic N) is 4. The number of hydrogen-bond acceptors (Lipinski definition) is 7. The van der Waals surface area contributed by atoms with E-state index in [-0.39, 0.29) is 5.91 Å². The summed E-state index contributed by atoms with van der Waals surface area (Å²) in [5.41, 5.74) is 2.31. The first-order chi connectivity index (χ1) is 17.0. The normalized spacial score (nSPS) is 20.6. The molecule has 3 fully saturated rings. The third-order valence-electron chi connectivity index (χ3n) is 7.65. The van der Waals surface area contributed by atoms with Gasteiger partial charge in [-0.1, -0.05) is 12.1 Å². The van der Waals surface area contributed by atoms with Crippen LogP contribution in [-0.2, 0) is 10.4 Å². The van der Waals surface area contributed by atoms with E-state index < -0.39 is 5.60 Å². The molecule has 0 bridgehead atoms. The van der Waals surface area contributed by atoms with E-state index in [0.29, 0.717) is 18.3 Å². The van der Waals surface area contributed by atoms with Crippen LogP contribution in [0.3, 0.4) is 0 Å². The topological polar surface area (TPSA) is 93.6 Å². The molecule has 0 atom stereocenters. The zero-order chi connectivity index (χ0) is 24.3. The van der Waals surface area contributed by atoms with Gasteiger partial charge in [-0.15, -0.1) is 0 Å². The van der Waals surface area contributed by atoms with Crippen LogP contribution in [0.1, 0.15) is 68.4 Å². The van der Waals surface area contributed by atoms with Gasteiger partial charge in [0, 0.05) is 56.6 Å². The average molecular weight is 479 g/mol. The van der Waals surface area contributed by atoms with Crippen LogP contribution in [0.5, 0.6) is 0 Å². The lowest BCUT2D eigenvalue weighted by atomic mass is 9.84. The van der Waals surface area contributed by atoms with Gasteiger partial charge in [0.25, 0.3) is 0 Å². The molecule has 1 aromatic carbocycles. The van der Waals surface area contributed by atoms with Crippen LogP contribution in [0, 0.1) is 0 Å². The SMILES string of the molecule is CN1CCC(O)(c2ccc(Nc3ncc(C4CC4)c(NCCCN4CCCCC4=O)n3)cc2)CC1. The van der Waals surface area contributed by atoms with E-state index in [0.717, 1.165) is 81.9 Å². The molecule has 1 aliphatic carbocycles. The molecule has 188 valence electrons. The molecule has 5 rings (SSSR count). The second-order valence-electron chi connectivity index (χ2n) is 10.4. The maximum Gasteiger partial charge on any atom is 0.229 e. The number of aliphatic hydroxyl groups is 1. The number of piperidine rings is 2. The van der Waals surface area contributed by atoms with Crippen molar-refractivity contribution in [3.8, 4) is 0 Å². The van der Waals surface area contributed by atoms with Crippen molar-refractivity contribution in [3.63, 3.8) is 0 Å². The number of likely N-dealkylation sites (tertiary alicyclic amines) is 2. The number of carbonyl (C=O) groups excluding carboxylic acids is 1. The number of anilines is 3. The molecule has 0 radical (unpaired) electrons. The third kappa shape index (κ3) is 5.93. The average Bonchev–Trinajstić information content (AvgIpc) is 3.71. The summed E-state index contributed by atoms with van der Waals surface area (Å²) in [5, 5.41) is 17.9. The highest BCUT2D eigenvalue weighted by molar-refractivity contribution is 5.76. The van der Waals surface area contributed by atoms with E-state index in [4.69, 9.17) is 4.98 Å². The van der Waals surface area contributed by atoms with E-state index in [1.54, 1.807) is 0 Å². The van der Waals surface area contributed by atoms with Crippen LogP contribution in [-0.4, -0.2) is 70.6 Å². The second-order valence-corrected chi connectivity index (χ2v) is 10.4. The van der Waals surface area contributed by atoms with Crippen LogP contribution < -0.4 is 10.6 Å². The van der Waals surface area contributed by atoms with Gasteiger partial charge in [0.15, 0.2) is 0 Å². The highest BCUT2D eigenvalue weighted by Gasteiger charge is 2.33. The van der Waals surface area contributed by atoms with Crippen LogP contribution in [0.2, 0.25) is 0 Å². The molecular formula is C27H38N6O2. The van der Waals surface area contributed by atoms with Gasteiger partial charge in [-0.3, -0.25) is 4.79 Å². The molecule has 3 N–H and O–H groups in total. The monoisotopic (exact) mass is 478 g/mol. The fourth-order valence-corrected chi connectivity index (χ4v) is 5.13. The summed E-state index contributed by atoms with van der Waals surface area (Å²) in [5.74, 6) is 2.29. The van der Waals surface area contributed by atoms with Gasteiger partial charge in [-0.25, -0.2) is 4.98 Å². The van der Waals surface area contributed by atoms with E-state index in [2.05, 4.69) is 27.6 Å². The minimum atomic E-state index is -0.747. The van der Waals surface area contributed by atoms with E-state index in [9.17, 15) is 9.90 Å². The molecule has 3 heterocycles. The molecule has 0 unspecified atom stereocenters. The number of nitrogens with one attached hydrogen (secondary N) is 2. The molecule has 8 nitrogen and oxygen atoms in total. The number of hydrogen-bond donors (Lipinski definition) is 3. The first-order valence-electron chi connectivity index (χ1n) is 13.2. The molecule has 2 aliphatic heterocycles. The number of rotatable bonds is 9. The van der Waals surface area contributed by atoms with Gasteiger partial charge < -0.3 is 25.5 Å². The summed E-state index contributed by atoms with van der Waals surface area (Å²) in [4.78, 5) is 25.6. The fraction of sp³-hybridized carbons (Fsp3) is 0.593. The standard InChI is InChI=1S/C27H38N6O2/c1-32-17-12-27(35,13-18-32)21-8-10-22(11-9-21)30-26-29-19-23(20-6-7-20)25(31-26)28-14-4-16-33-15-3-2-5-24(33)34/h8-11,19-20,35H,2-7,12-18H2,1H3,(H2,28,29,30,31). The Balaban J connectivity index is 1.20. The van der Waals surface area contributed by atoms with Crippen molar-refractivity contribution in [1.29, 1.82) is 0 Å². The van der Waals surface area contributed by atoms with Crippen molar-refractivity contribution in [2.75, 3.05) is 50.4 Å². The molecule has 0 spiro atoms. The summed E-state index contributed by atoms with van der Waals surface area (Å²) in [6.45, 7) is 4.28. The number of carbonyl (C=O) groups is 1. The molecule has 8 heteroatoms. The molecule has 2 saturated heterocycles. The minimum Gasteiger partial charge on any atom is -0.385 e. The van der Waals surface area contributed by atoms with Gasteiger partial charge in [0.05, 0.1) is 5.60 Å². The second kappa shape index (κ2) is 10.5. The molecule has 1 aromatic heterocycles. The van der Waals surface area contributed by atoms with Crippen molar-refractivity contribution >= 4 is 23.4 Å². The molecule has 3 aliphatic rings. The number of aromatic nitrogens is 2. The summed E-state index contributed by atoms with van der Waals surface area (Å²) < 4.78 is 0. The summed E-state index contributed by atoms with van der Waals surface area (Å²) >= 11 is 0. The lowest BCUT2D eigenvalue weighted by Gasteiger charge is -2.37. The van der Waals surface area contributed by atoms with E-state index >= 15 is 0 Å². The van der Waals surface area contributed by atoms with E-state index in [1.807, 2.05) is 35.4 Å². The molecular weight excluding hydrogens is 440 g/mol. The fourth-order valence-electron chi connectivity index (χ4n) is 5.13. The summed E-state index contributed by atoms with van der Waals surface area (Å²) in [7, 11) is 2.10. The lowest BCUT2D eigenvalue weighted by Crippen LogP contribution is -2.40. The van der Waals surface area contributed by atoms with Crippen LogP contribution >= 0.6 is 0 Å². The molecule has 1 saturated carbocycles. The minimum absolute atomic E-state index is 0.289. The Labute approximate surface area is 208 Å². The third-order valence-corrected chi connectivity index (χ3v) is 7.65. The largest absolute Gasteiger partial charge is 0.385 e.